The normalized spacial score (nSPS) is 16.9. The third kappa shape index (κ3) is 5.31. The van der Waals surface area contributed by atoms with Crippen LogP contribution in [0.15, 0.2) is 59.8 Å². The van der Waals surface area contributed by atoms with E-state index >= 15 is 0 Å². The maximum atomic E-state index is 12.6. The highest BCUT2D eigenvalue weighted by Crippen LogP contribution is 2.27. The van der Waals surface area contributed by atoms with Gasteiger partial charge in [0.15, 0.2) is 11.0 Å². The Morgan fingerprint density at radius 3 is 2.24 bits per heavy atom. The molecule has 6 nitrogen and oxygen atoms in total. The van der Waals surface area contributed by atoms with E-state index in [1.54, 1.807) is 11.8 Å². The van der Waals surface area contributed by atoms with Crippen molar-refractivity contribution in [3.05, 3.63) is 71.5 Å². The lowest BCUT2D eigenvalue weighted by Gasteiger charge is -2.26. The largest absolute Gasteiger partial charge is 0.339 e. The fourth-order valence-corrected chi connectivity index (χ4v) is 5.57. The summed E-state index contributed by atoms with van der Waals surface area (Å²) in [5, 5.41) is 10.0. The summed E-state index contributed by atoms with van der Waals surface area (Å²) in [5.74, 6) is 1.93. The minimum Gasteiger partial charge on any atom is -0.339 e. The number of hydrogen-bond acceptors (Lipinski definition) is 5. The zero-order chi connectivity index (χ0) is 22.5. The molecule has 2 saturated heterocycles. The standard InChI is InChI=1S/C26H31N5OS/c32-25(30-17-7-8-18-30)22-13-11-21(12-14-22)20-33-26-28-27-24(19-29-15-5-2-6-16-29)31(26)23-9-3-1-4-10-23/h1,3-4,9-14H,2,5-8,15-20H2. The number of carbonyl (C=O) groups excluding carboxylic acids is 1. The van der Waals surface area contributed by atoms with Crippen molar-refractivity contribution in [3.63, 3.8) is 0 Å². The molecule has 172 valence electrons. The van der Waals surface area contributed by atoms with Crippen LogP contribution < -0.4 is 0 Å². The first-order valence-electron chi connectivity index (χ1n) is 12.0. The quantitative estimate of drug-likeness (QED) is 0.474. The molecular weight excluding hydrogens is 430 g/mol. The van der Waals surface area contributed by atoms with Crippen LogP contribution in [-0.4, -0.2) is 56.7 Å². The van der Waals surface area contributed by atoms with Gasteiger partial charge in [-0.1, -0.05) is 48.5 Å². The molecule has 0 spiro atoms. The molecule has 3 aromatic rings. The number of benzene rings is 2. The van der Waals surface area contributed by atoms with E-state index in [-0.39, 0.29) is 5.91 Å². The van der Waals surface area contributed by atoms with Gasteiger partial charge in [-0.3, -0.25) is 14.3 Å². The zero-order valence-electron chi connectivity index (χ0n) is 19.0. The van der Waals surface area contributed by atoms with E-state index in [4.69, 9.17) is 0 Å². The van der Waals surface area contributed by atoms with Gasteiger partial charge in [-0.25, -0.2) is 0 Å². The van der Waals surface area contributed by atoms with Gasteiger partial charge in [0.25, 0.3) is 5.91 Å². The topological polar surface area (TPSA) is 54.3 Å². The third-order valence-electron chi connectivity index (χ3n) is 6.49. The van der Waals surface area contributed by atoms with E-state index < -0.39 is 0 Å². The minimum absolute atomic E-state index is 0.151. The monoisotopic (exact) mass is 461 g/mol. The van der Waals surface area contributed by atoms with Crippen LogP contribution in [0.2, 0.25) is 0 Å². The molecule has 0 atom stereocenters. The molecule has 3 heterocycles. The van der Waals surface area contributed by atoms with Crippen LogP contribution in [0.3, 0.4) is 0 Å². The number of rotatable bonds is 7. The summed E-state index contributed by atoms with van der Waals surface area (Å²) in [5.41, 5.74) is 3.06. The van der Waals surface area contributed by atoms with Gasteiger partial charge in [0.1, 0.15) is 0 Å². The fraction of sp³-hybridized carbons (Fsp3) is 0.423. The van der Waals surface area contributed by atoms with Gasteiger partial charge >= 0.3 is 0 Å². The molecule has 5 rings (SSSR count). The van der Waals surface area contributed by atoms with Crippen molar-refractivity contribution in [1.82, 2.24) is 24.6 Å². The van der Waals surface area contributed by atoms with Crippen LogP contribution in [0.4, 0.5) is 0 Å². The third-order valence-corrected chi connectivity index (χ3v) is 7.49. The average Bonchev–Trinajstić information content (AvgIpc) is 3.54. The second-order valence-corrected chi connectivity index (χ2v) is 9.83. The number of thioether (sulfide) groups is 1. The number of piperidine rings is 1. The predicted molar refractivity (Wildman–Crippen MR) is 132 cm³/mol. The Balaban J connectivity index is 1.30. The molecule has 1 amide bonds. The van der Waals surface area contributed by atoms with E-state index in [9.17, 15) is 4.79 Å². The zero-order valence-corrected chi connectivity index (χ0v) is 19.8. The average molecular weight is 462 g/mol. The summed E-state index contributed by atoms with van der Waals surface area (Å²) >= 11 is 1.69. The molecule has 0 unspecified atom stereocenters. The van der Waals surface area contributed by atoms with Gasteiger partial charge < -0.3 is 4.90 Å². The lowest BCUT2D eigenvalue weighted by atomic mass is 10.1. The minimum atomic E-state index is 0.151. The molecule has 2 fully saturated rings. The Hall–Kier alpha value is -2.64. The number of amides is 1. The molecule has 7 heteroatoms. The lowest BCUT2D eigenvalue weighted by molar-refractivity contribution is 0.0793. The van der Waals surface area contributed by atoms with Crippen LogP contribution >= 0.6 is 11.8 Å². The number of likely N-dealkylation sites (tertiary alicyclic amines) is 2. The van der Waals surface area contributed by atoms with Crippen molar-refractivity contribution >= 4 is 17.7 Å². The van der Waals surface area contributed by atoms with E-state index in [2.05, 4.69) is 56.1 Å². The smallest absolute Gasteiger partial charge is 0.253 e. The lowest BCUT2D eigenvalue weighted by Crippen LogP contribution is -2.30. The molecule has 33 heavy (non-hydrogen) atoms. The Bertz CT molecular complexity index is 1050. The van der Waals surface area contributed by atoms with Crippen LogP contribution in [0, 0.1) is 0 Å². The van der Waals surface area contributed by atoms with E-state index in [1.807, 2.05) is 23.1 Å². The summed E-state index contributed by atoms with van der Waals surface area (Å²) in [6.45, 7) is 4.85. The van der Waals surface area contributed by atoms with Crippen LogP contribution in [0.1, 0.15) is 53.8 Å². The van der Waals surface area contributed by atoms with Crippen molar-refractivity contribution in [2.24, 2.45) is 0 Å². The van der Waals surface area contributed by atoms with E-state index in [0.29, 0.717) is 0 Å². The molecule has 0 bridgehead atoms. The SMILES string of the molecule is O=C(c1ccc(CSc2nnc(CN3CCCCC3)n2-c2ccccc2)cc1)N1CCCC1. The summed E-state index contributed by atoms with van der Waals surface area (Å²) in [6, 6.07) is 18.4. The second-order valence-electron chi connectivity index (χ2n) is 8.89. The van der Waals surface area contributed by atoms with Crippen LogP contribution in [0.25, 0.3) is 5.69 Å². The highest BCUT2D eigenvalue weighted by molar-refractivity contribution is 7.98. The van der Waals surface area contributed by atoms with E-state index in [1.165, 1.54) is 24.8 Å². The van der Waals surface area contributed by atoms with Crippen molar-refractivity contribution in [2.45, 2.75) is 49.6 Å². The van der Waals surface area contributed by atoms with Crippen molar-refractivity contribution in [2.75, 3.05) is 26.2 Å². The summed E-state index contributed by atoms with van der Waals surface area (Å²) in [6.07, 6.45) is 6.07. The Kier molecular flexibility index (Phi) is 7.07. The van der Waals surface area contributed by atoms with Crippen molar-refractivity contribution < 1.29 is 4.79 Å². The Labute approximate surface area is 200 Å². The molecule has 2 aromatic carbocycles. The van der Waals surface area contributed by atoms with Crippen molar-refractivity contribution in [1.29, 1.82) is 0 Å². The number of nitrogens with zero attached hydrogens (tertiary/aromatic N) is 5. The van der Waals surface area contributed by atoms with Gasteiger partial charge in [0.2, 0.25) is 0 Å². The maximum absolute atomic E-state index is 12.6. The van der Waals surface area contributed by atoms with Crippen molar-refractivity contribution in [3.8, 4) is 5.69 Å². The summed E-state index contributed by atoms with van der Waals surface area (Å²) in [4.78, 5) is 17.0. The maximum Gasteiger partial charge on any atom is 0.253 e. The van der Waals surface area contributed by atoms with E-state index in [0.717, 1.165) is 73.5 Å². The van der Waals surface area contributed by atoms with Gasteiger partial charge in [-0.05, 0) is 68.6 Å². The molecule has 0 aliphatic carbocycles. The molecule has 2 aliphatic rings. The first-order valence-corrected chi connectivity index (χ1v) is 13.0. The second kappa shape index (κ2) is 10.5. The highest BCUT2D eigenvalue weighted by Gasteiger charge is 2.20. The van der Waals surface area contributed by atoms with Crippen LogP contribution in [0.5, 0.6) is 0 Å². The Morgan fingerprint density at radius 1 is 0.818 bits per heavy atom. The molecule has 2 aliphatic heterocycles. The highest BCUT2D eigenvalue weighted by atomic mass is 32.2. The van der Waals surface area contributed by atoms with Gasteiger partial charge in [0, 0.05) is 30.1 Å². The molecule has 1 aromatic heterocycles. The number of carbonyl (C=O) groups is 1. The number of aromatic nitrogens is 3. The molecule has 0 saturated carbocycles. The number of hydrogen-bond donors (Lipinski definition) is 0. The fourth-order valence-electron chi connectivity index (χ4n) is 4.64. The molecule has 0 N–H and O–H groups in total. The summed E-state index contributed by atoms with van der Waals surface area (Å²) < 4.78 is 2.20. The number of para-hydroxylation sites is 1. The predicted octanol–water partition coefficient (Wildman–Crippen LogP) is 4.78. The first-order chi connectivity index (χ1) is 16.3. The van der Waals surface area contributed by atoms with Crippen LogP contribution in [-0.2, 0) is 12.3 Å². The van der Waals surface area contributed by atoms with Gasteiger partial charge in [-0.2, -0.15) is 0 Å². The molecular formula is C26H31N5OS. The summed E-state index contributed by atoms with van der Waals surface area (Å²) in [7, 11) is 0. The Morgan fingerprint density at radius 2 is 1.52 bits per heavy atom. The van der Waals surface area contributed by atoms with Gasteiger partial charge in [0.05, 0.1) is 6.54 Å². The first kappa shape index (κ1) is 22.2. The van der Waals surface area contributed by atoms with Gasteiger partial charge in [-0.15, -0.1) is 10.2 Å². The molecule has 0 radical (unpaired) electrons.